The first kappa shape index (κ1) is 15.5. The minimum Gasteiger partial charge on any atom is -0.497 e. The van der Waals surface area contributed by atoms with Gasteiger partial charge in [0.1, 0.15) is 5.75 Å². The Morgan fingerprint density at radius 2 is 1.38 bits per heavy atom. The molecule has 0 aliphatic rings. The van der Waals surface area contributed by atoms with Crippen LogP contribution in [0.3, 0.4) is 0 Å². The summed E-state index contributed by atoms with van der Waals surface area (Å²) in [7, 11) is -2.02. The Hall–Kier alpha value is -1.89. The van der Waals surface area contributed by atoms with Gasteiger partial charge in [-0.2, -0.15) is 0 Å². The van der Waals surface area contributed by atoms with Crippen LogP contribution in [0.25, 0.3) is 0 Å². The molecule has 0 saturated carbocycles. The van der Waals surface area contributed by atoms with Gasteiger partial charge in [-0.15, -0.1) is 0 Å². The van der Waals surface area contributed by atoms with Gasteiger partial charge in [0, 0.05) is 0 Å². The van der Waals surface area contributed by atoms with E-state index in [1.165, 1.54) is 12.1 Å². The van der Waals surface area contributed by atoms with Gasteiger partial charge < -0.3 is 9.47 Å². The third kappa shape index (κ3) is 4.56. The maximum absolute atomic E-state index is 11.1. The van der Waals surface area contributed by atoms with E-state index in [1.54, 1.807) is 19.2 Å². The number of ether oxygens (including phenoxy) is 2. The molecule has 6 heteroatoms. The number of sulfonamides is 1. The molecule has 0 unspecified atom stereocenters. The van der Waals surface area contributed by atoms with E-state index in [0.29, 0.717) is 13.2 Å². The van der Waals surface area contributed by atoms with E-state index in [4.69, 9.17) is 14.6 Å². The molecule has 0 saturated heterocycles. The van der Waals surface area contributed by atoms with E-state index >= 15 is 0 Å². The standard InChI is InChI=1S/C15H17NO4S/c1-19-14-6-2-12(3-7-14)10-20-11-13-4-8-15(9-5-13)21(16,17)18/h2-9H,10-11H2,1H3,(H2,16,17,18). The van der Waals surface area contributed by atoms with Crippen molar-refractivity contribution in [3.8, 4) is 5.75 Å². The Labute approximate surface area is 124 Å². The summed E-state index contributed by atoms with van der Waals surface area (Å²) < 4.78 is 32.9. The van der Waals surface area contributed by atoms with Gasteiger partial charge in [-0.3, -0.25) is 0 Å². The van der Waals surface area contributed by atoms with E-state index in [0.717, 1.165) is 16.9 Å². The lowest BCUT2D eigenvalue weighted by Crippen LogP contribution is -2.11. The largest absolute Gasteiger partial charge is 0.497 e. The predicted octanol–water partition coefficient (Wildman–Crippen LogP) is 2.06. The van der Waals surface area contributed by atoms with Crippen molar-refractivity contribution in [2.45, 2.75) is 18.1 Å². The lowest BCUT2D eigenvalue weighted by atomic mass is 10.2. The van der Waals surface area contributed by atoms with Crippen LogP contribution < -0.4 is 9.88 Å². The molecule has 0 aliphatic heterocycles. The first-order valence-electron chi connectivity index (χ1n) is 6.31. The van der Waals surface area contributed by atoms with Crippen LogP contribution in [0.1, 0.15) is 11.1 Å². The second-order valence-electron chi connectivity index (χ2n) is 4.53. The van der Waals surface area contributed by atoms with Gasteiger partial charge in [0.25, 0.3) is 0 Å². The van der Waals surface area contributed by atoms with Gasteiger partial charge in [-0.05, 0) is 35.4 Å². The number of benzene rings is 2. The zero-order valence-corrected chi connectivity index (χ0v) is 12.5. The van der Waals surface area contributed by atoms with E-state index in [1.807, 2.05) is 24.3 Å². The maximum Gasteiger partial charge on any atom is 0.238 e. The zero-order chi connectivity index (χ0) is 15.3. The molecule has 0 bridgehead atoms. The number of primary sulfonamides is 1. The van der Waals surface area contributed by atoms with Crippen LogP contribution in [0.5, 0.6) is 5.75 Å². The summed E-state index contributed by atoms with van der Waals surface area (Å²) in [5.74, 6) is 0.803. The van der Waals surface area contributed by atoms with E-state index in [2.05, 4.69) is 0 Å². The van der Waals surface area contributed by atoms with Crippen LogP contribution in [-0.2, 0) is 28.0 Å². The highest BCUT2D eigenvalue weighted by Crippen LogP contribution is 2.13. The fourth-order valence-corrected chi connectivity index (χ4v) is 2.30. The summed E-state index contributed by atoms with van der Waals surface area (Å²) >= 11 is 0. The van der Waals surface area contributed by atoms with Gasteiger partial charge in [-0.1, -0.05) is 24.3 Å². The van der Waals surface area contributed by atoms with Crippen LogP contribution in [0.15, 0.2) is 53.4 Å². The molecule has 0 radical (unpaired) electrons. The van der Waals surface area contributed by atoms with Gasteiger partial charge in [0.2, 0.25) is 10.0 Å². The molecule has 0 heterocycles. The maximum atomic E-state index is 11.1. The molecular weight excluding hydrogens is 290 g/mol. The summed E-state index contributed by atoms with van der Waals surface area (Å²) in [6, 6.07) is 13.9. The minimum absolute atomic E-state index is 0.0985. The highest BCUT2D eigenvalue weighted by Gasteiger charge is 2.06. The Kier molecular flexibility index (Phi) is 4.95. The molecule has 0 aromatic heterocycles. The van der Waals surface area contributed by atoms with Gasteiger partial charge in [0.05, 0.1) is 25.2 Å². The Bertz CT molecular complexity index is 679. The second-order valence-corrected chi connectivity index (χ2v) is 6.09. The molecule has 2 aromatic carbocycles. The van der Waals surface area contributed by atoms with E-state index in [9.17, 15) is 8.42 Å². The molecule has 2 aromatic rings. The zero-order valence-electron chi connectivity index (χ0n) is 11.7. The number of hydrogen-bond acceptors (Lipinski definition) is 4. The molecule has 0 spiro atoms. The van der Waals surface area contributed by atoms with Crippen molar-refractivity contribution in [1.29, 1.82) is 0 Å². The van der Waals surface area contributed by atoms with Crippen molar-refractivity contribution in [3.05, 3.63) is 59.7 Å². The SMILES string of the molecule is COc1ccc(COCc2ccc(S(N)(=O)=O)cc2)cc1. The van der Waals surface area contributed by atoms with Crippen LogP contribution in [-0.4, -0.2) is 15.5 Å². The average Bonchev–Trinajstić information content (AvgIpc) is 2.47. The summed E-state index contributed by atoms with van der Waals surface area (Å²) in [5, 5.41) is 5.04. The number of rotatable bonds is 6. The van der Waals surface area contributed by atoms with Gasteiger partial charge >= 0.3 is 0 Å². The second kappa shape index (κ2) is 6.71. The Morgan fingerprint density at radius 3 is 1.81 bits per heavy atom. The number of hydrogen-bond donors (Lipinski definition) is 1. The topological polar surface area (TPSA) is 78.6 Å². The van der Waals surface area contributed by atoms with E-state index < -0.39 is 10.0 Å². The Balaban J connectivity index is 1.88. The highest BCUT2D eigenvalue weighted by atomic mass is 32.2. The summed E-state index contributed by atoms with van der Waals surface area (Å²) in [5.41, 5.74) is 1.92. The minimum atomic E-state index is -3.64. The molecule has 2 rings (SSSR count). The van der Waals surface area contributed by atoms with Gasteiger partial charge in [0.15, 0.2) is 0 Å². The lowest BCUT2D eigenvalue weighted by molar-refractivity contribution is 0.107. The fourth-order valence-electron chi connectivity index (χ4n) is 1.78. The molecule has 0 atom stereocenters. The highest BCUT2D eigenvalue weighted by molar-refractivity contribution is 7.89. The van der Waals surface area contributed by atoms with Gasteiger partial charge in [-0.25, -0.2) is 13.6 Å². The van der Waals surface area contributed by atoms with Crippen molar-refractivity contribution in [1.82, 2.24) is 0 Å². The lowest BCUT2D eigenvalue weighted by Gasteiger charge is -2.06. The normalized spacial score (nSPS) is 11.3. The van der Waals surface area contributed by atoms with Crippen molar-refractivity contribution in [3.63, 3.8) is 0 Å². The molecule has 2 N–H and O–H groups in total. The molecule has 0 fully saturated rings. The molecular formula is C15H17NO4S. The summed E-state index contributed by atoms with van der Waals surface area (Å²) in [6.07, 6.45) is 0. The van der Waals surface area contributed by atoms with Crippen molar-refractivity contribution >= 4 is 10.0 Å². The Morgan fingerprint density at radius 1 is 0.905 bits per heavy atom. The van der Waals surface area contributed by atoms with E-state index in [-0.39, 0.29) is 4.90 Å². The number of methoxy groups -OCH3 is 1. The first-order valence-corrected chi connectivity index (χ1v) is 7.86. The molecule has 21 heavy (non-hydrogen) atoms. The smallest absolute Gasteiger partial charge is 0.238 e. The van der Waals surface area contributed by atoms with Crippen molar-refractivity contribution < 1.29 is 17.9 Å². The van der Waals surface area contributed by atoms with Crippen LogP contribution in [0.2, 0.25) is 0 Å². The van der Waals surface area contributed by atoms with Crippen LogP contribution in [0, 0.1) is 0 Å². The monoisotopic (exact) mass is 307 g/mol. The van der Waals surface area contributed by atoms with Crippen molar-refractivity contribution in [2.75, 3.05) is 7.11 Å². The molecule has 112 valence electrons. The first-order chi connectivity index (χ1) is 9.99. The van der Waals surface area contributed by atoms with Crippen molar-refractivity contribution in [2.24, 2.45) is 5.14 Å². The quantitative estimate of drug-likeness (QED) is 0.886. The third-order valence-electron chi connectivity index (χ3n) is 2.95. The predicted molar refractivity (Wildman–Crippen MR) is 79.3 cm³/mol. The fraction of sp³-hybridized carbons (Fsp3) is 0.200. The number of nitrogens with two attached hydrogens (primary N) is 1. The average molecular weight is 307 g/mol. The van der Waals surface area contributed by atoms with Crippen LogP contribution >= 0.6 is 0 Å². The summed E-state index contributed by atoms with van der Waals surface area (Å²) in [4.78, 5) is 0.0985. The summed E-state index contributed by atoms with van der Waals surface area (Å²) in [6.45, 7) is 0.873. The molecule has 0 amide bonds. The molecule has 5 nitrogen and oxygen atoms in total. The van der Waals surface area contributed by atoms with Crippen LogP contribution in [0.4, 0.5) is 0 Å². The third-order valence-corrected chi connectivity index (χ3v) is 3.88. The molecule has 0 aliphatic carbocycles.